The zero-order valence-electron chi connectivity index (χ0n) is 13.5. The Morgan fingerprint density at radius 1 is 0.857 bits per heavy atom. The number of hydrogen-bond acceptors (Lipinski definition) is 3. The standard InChI is InChI=1S/C16H24N2O3/c1-15(2,3)13(19)17-11-7-9-12(10-8-11)18-14(20)21-16(4,5)6/h7-10H,1-6H3,(H,17,19)(H,18,20). The number of ether oxygens (including phenoxy) is 1. The fourth-order valence-corrected chi connectivity index (χ4v) is 1.38. The van der Waals surface area contributed by atoms with Crippen molar-refractivity contribution in [2.24, 2.45) is 5.41 Å². The van der Waals surface area contributed by atoms with Gasteiger partial charge in [0, 0.05) is 16.8 Å². The van der Waals surface area contributed by atoms with Crippen molar-refractivity contribution in [2.75, 3.05) is 10.6 Å². The van der Waals surface area contributed by atoms with Crippen molar-refractivity contribution < 1.29 is 14.3 Å². The number of carbonyl (C=O) groups excluding carboxylic acids is 2. The summed E-state index contributed by atoms with van der Waals surface area (Å²) in [6.45, 7) is 11.0. The number of hydrogen-bond donors (Lipinski definition) is 2. The molecule has 0 fully saturated rings. The highest BCUT2D eigenvalue weighted by molar-refractivity contribution is 5.94. The summed E-state index contributed by atoms with van der Waals surface area (Å²) in [5.74, 6) is -0.0599. The van der Waals surface area contributed by atoms with E-state index in [9.17, 15) is 9.59 Å². The van der Waals surface area contributed by atoms with Gasteiger partial charge in [0.15, 0.2) is 0 Å². The fourth-order valence-electron chi connectivity index (χ4n) is 1.38. The average molecular weight is 292 g/mol. The SMILES string of the molecule is CC(C)(C)OC(=O)Nc1ccc(NC(=O)C(C)(C)C)cc1. The lowest BCUT2D eigenvalue weighted by Crippen LogP contribution is -2.28. The predicted molar refractivity (Wildman–Crippen MR) is 84.4 cm³/mol. The summed E-state index contributed by atoms with van der Waals surface area (Å²) in [6.07, 6.45) is -0.506. The highest BCUT2D eigenvalue weighted by Gasteiger charge is 2.21. The van der Waals surface area contributed by atoms with Crippen molar-refractivity contribution in [3.63, 3.8) is 0 Å². The van der Waals surface area contributed by atoms with Gasteiger partial charge in [0.2, 0.25) is 5.91 Å². The van der Waals surface area contributed by atoms with E-state index in [2.05, 4.69) is 10.6 Å². The van der Waals surface area contributed by atoms with Crippen LogP contribution >= 0.6 is 0 Å². The first-order valence-electron chi connectivity index (χ1n) is 6.89. The van der Waals surface area contributed by atoms with E-state index in [0.29, 0.717) is 11.4 Å². The van der Waals surface area contributed by atoms with Crippen molar-refractivity contribution >= 4 is 23.4 Å². The second kappa shape index (κ2) is 6.16. The second-order valence-corrected chi connectivity index (χ2v) is 6.91. The number of rotatable bonds is 2. The molecule has 2 amide bonds. The smallest absolute Gasteiger partial charge is 0.412 e. The molecule has 0 radical (unpaired) electrons. The van der Waals surface area contributed by atoms with Crippen LogP contribution in [0.4, 0.5) is 16.2 Å². The molecule has 21 heavy (non-hydrogen) atoms. The predicted octanol–water partition coefficient (Wildman–Crippen LogP) is 4.02. The minimum Gasteiger partial charge on any atom is -0.444 e. The molecule has 0 unspecified atom stereocenters. The van der Waals surface area contributed by atoms with Crippen molar-refractivity contribution in [3.05, 3.63) is 24.3 Å². The van der Waals surface area contributed by atoms with E-state index in [1.54, 1.807) is 45.0 Å². The third kappa shape index (κ3) is 6.29. The molecule has 1 aromatic carbocycles. The lowest BCUT2D eigenvalue weighted by Gasteiger charge is -2.20. The zero-order valence-corrected chi connectivity index (χ0v) is 13.5. The van der Waals surface area contributed by atoms with Gasteiger partial charge in [0.05, 0.1) is 0 Å². The van der Waals surface area contributed by atoms with Crippen molar-refractivity contribution in [1.29, 1.82) is 0 Å². The monoisotopic (exact) mass is 292 g/mol. The maximum Gasteiger partial charge on any atom is 0.412 e. The Balaban J connectivity index is 2.63. The number of carbonyl (C=O) groups is 2. The molecule has 0 bridgehead atoms. The molecular weight excluding hydrogens is 268 g/mol. The molecule has 0 aliphatic carbocycles. The number of benzene rings is 1. The molecule has 0 aliphatic rings. The summed E-state index contributed by atoms with van der Waals surface area (Å²) < 4.78 is 5.16. The van der Waals surface area contributed by atoms with Gasteiger partial charge in [-0.3, -0.25) is 10.1 Å². The van der Waals surface area contributed by atoms with Gasteiger partial charge in [-0.2, -0.15) is 0 Å². The Kier molecular flexibility index (Phi) is 4.99. The summed E-state index contributed by atoms with van der Waals surface area (Å²) in [6, 6.07) is 6.89. The summed E-state index contributed by atoms with van der Waals surface area (Å²) in [4.78, 5) is 23.5. The maximum atomic E-state index is 11.9. The minimum absolute atomic E-state index is 0.0599. The van der Waals surface area contributed by atoms with E-state index in [-0.39, 0.29) is 5.91 Å². The first-order chi connectivity index (χ1) is 9.47. The van der Waals surface area contributed by atoms with Gasteiger partial charge in [-0.25, -0.2) is 4.79 Å². The summed E-state index contributed by atoms with van der Waals surface area (Å²) >= 11 is 0. The quantitative estimate of drug-likeness (QED) is 0.865. The number of anilines is 2. The van der Waals surface area contributed by atoms with E-state index >= 15 is 0 Å². The van der Waals surface area contributed by atoms with Crippen LogP contribution in [0.5, 0.6) is 0 Å². The van der Waals surface area contributed by atoms with E-state index in [4.69, 9.17) is 4.74 Å². The molecule has 1 rings (SSSR count). The van der Waals surface area contributed by atoms with Crippen LogP contribution in [0.3, 0.4) is 0 Å². The van der Waals surface area contributed by atoms with Crippen LogP contribution in [0.15, 0.2) is 24.3 Å². The van der Waals surface area contributed by atoms with Gasteiger partial charge < -0.3 is 10.1 Å². The van der Waals surface area contributed by atoms with E-state index in [1.807, 2.05) is 20.8 Å². The van der Waals surface area contributed by atoms with Crippen LogP contribution in [0.25, 0.3) is 0 Å². The first-order valence-corrected chi connectivity index (χ1v) is 6.89. The lowest BCUT2D eigenvalue weighted by atomic mass is 9.95. The molecule has 5 heteroatoms. The van der Waals surface area contributed by atoms with Gasteiger partial charge in [-0.05, 0) is 45.0 Å². The van der Waals surface area contributed by atoms with Crippen molar-refractivity contribution in [3.8, 4) is 0 Å². The summed E-state index contributed by atoms with van der Waals surface area (Å²) in [7, 11) is 0. The number of nitrogens with one attached hydrogen (secondary N) is 2. The Morgan fingerprint density at radius 3 is 1.67 bits per heavy atom. The van der Waals surface area contributed by atoms with Crippen LogP contribution in [-0.2, 0) is 9.53 Å². The van der Waals surface area contributed by atoms with E-state index in [1.165, 1.54) is 0 Å². The van der Waals surface area contributed by atoms with E-state index in [0.717, 1.165) is 0 Å². The molecule has 0 atom stereocenters. The normalized spacial score (nSPS) is 11.7. The first kappa shape index (κ1) is 17.0. The molecule has 0 saturated carbocycles. The molecule has 0 heterocycles. The maximum absolute atomic E-state index is 11.9. The Morgan fingerprint density at radius 2 is 1.29 bits per heavy atom. The highest BCUT2D eigenvalue weighted by Crippen LogP contribution is 2.19. The van der Waals surface area contributed by atoms with Crippen molar-refractivity contribution in [1.82, 2.24) is 0 Å². The largest absolute Gasteiger partial charge is 0.444 e. The Labute approximate surface area is 126 Å². The molecule has 2 N–H and O–H groups in total. The fraction of sp³-hybridized carbons (Fsp3) is 0.500. The highest BCUT2D eigenvalue weighted by atomic mass is 16.6. The minimum atomic E-state index is -0.537. The average Bonchev–Trinajstić information content (AvgIpc) is 2.27. The van der Waals surface area contributed by atoms with Gasteiger partial charge >= 0.3 is 6.09 Å². The molecular formula is C16H24N2O3. The van der Waals surface area contributed by atoms with Crippen LogP contribution < -0.4 is 10.6 Å². The molecule has 0 aliphatic heterocycles. The second-order valence-electron chi connectivity index (χ2n) is 6.91. The molecule has 116 valence electrons. The molecule has 1 aromatic rings. The third-order valence-corrected chi connectivity index (χ3v) is 2.47. The van der Waals surface area contributed by atoms with Crippen LogP contribution in [0, 0.1) is 5.41 Å². The van der Waals surface area contributed by atoms with Crippen LogP contribution in [-0.4, -0.2) is 17.6 Å². The molecule has 0 spiro atoms. The van der Waals surface area contributed by atoms with Gasteiger partial charge in [0.25, 0.3) is 0 Å². The zero-order chi connectivity index (χ0) is 16.3. The third-order valence-electron chi connectivity index (χ3n) is 2.47. The van der Waals surface area contributed by atoms with Crippen LogP contribution in [0.2, 0.25) is 0 Å². The summed E-state index contributed by atoms with van der Waals surface area (Å²) in [5, 5.41) is 5.45. The number of amides is 2. The van der Waals surface area contributed by atoms with E-state index < -0.39 is 17.1 Å². The summed E-state index contributed by atoms with van der Waals surface area (Å²) in [5.41, 5.74) is 0.306. The molecule has 0 saturated heterocycles. The Hall–Kier alpha value is -2.04. The molecule has 5 nitrogen and oxygen atoms in total. The van der Waals surface area contributed by atoms with Gasteiger partial charge in [0.1, 0.15) is 5.60 Å². The van der Waals surface area contributed by atoms with Gasteiger partial charge in [-0.15, -0.1) is 0 Å². The topological polar surface area (TPSA) is 67.4 Å². The molecule has 0 aromatic heterocycles. The van der Waals surface area contributed by atoms with Crippen LogP contribution in [0.1, 0.15) is 41.5 Å². The Bertz CT molecular complexity index is 508. The van der Waals surface area contributed by atoms with Gasteiger partial charge in [-0.1, -0.05) is 20.8 Å². The van der Waals surface area contributed by atoms with Crippen molar-refractivity contribution in [2.45, 2.75) is 47.1 Å². The lowest BCUT2D eigenvalue weighted by molar-refractivity contribution is -0.123.